The zero-order chi connectivity index (χ0) is 15.0. The van der Waals surface area contributed by atoms with Crippen LogP contribution in [0.25, 0.3) is 0 Å². The lowest BCUT2D eigenvalue weighted by molar-refractivity contribution is 0.0946. The maximum absolute atomic E-state index is 11.9. The molecule has 1 unspecified atom stereocenters. The van der Waals surface area contributed by atoms with Gasteiger partial charge in [-0.25, -0.2) is 0 Å². The van der Waals surface area contributed by atoms with E-state index in [4.69, 9.17) is 0 Å². The molecule has 0 saturated heterocycles. The quantitative estimate of drug-likeness (QED) is 0.728. The van der Waals surface area contributed by atoms with Crippen molar-refractivity contribution in [2.24, 2.45) is 0 Å². The van der Waals surface area contributed by atoms with Crippen LogP contribution in [0.5, 0.6) is 0 Å². The number of nitrogens with zero attached hydrogens (tertiary/aromatic N) is 3. The molecule has 1 aromatic rings. The van der Waals surface area contributed by atoms with Gasteiger partial charge in [-0.05, 0) is 26.8 Å². The molecule has 1 atom stereocenters. The van der Waals surface area contributed by atoms with E-state index in [1.165, 1.54) is 11.3 Å². The van der Waals surface area contributed by atoms with E-state index in [2.05, 4.69) is 53.5 Å². The summed E-state index contributed by atoms with van der Waals surface area (Å²) in [6, 6.07) is 0.526. The molecule has 114 valence electrons. The zero-order valence-electron chi connectivity index (χ0n) is 12.8. The van der Waals surface area contributed by atoms with Gasteiger partial charge in [0.2, 0.25) is 10.1 Å². The van der Waals surface area contributed by atoms with Gasteiger partial charge in [-0.15, -0.1) is 10.2 Å². The molecule has 1 aromatic heterocycles. The summed E-state index contributed by atoms with van der Waals surface area (Å²) in [5.74, 6) is -0.149. The number of nitrogens with one attached hydrogen (secondary N) is 2. The van der Waals surface area contributed by atoms with E-state index >= 15 is 0 Å². The van der Waals surface area contributed by atoms with Gasteiger partial charge in [-0.2, -0.15) is 0 Å². The smallest absolute Gasteiger partial charge is 0.282 e. The molecule has 0 aliphatic rings. The Morgan fingerprint density at radius 3 is 2.75 bits per heavy atom. The van der Waals surface area contributed by atoms with Crippen molar-refractivity contribution in [1.82, 2.24) is 20.4 Å². The second kappa shape index (κ2) is 8.86. The van der Waals surface area contributed by atoms with Crippen LogP contribution in [0.4, 0.5) is 5.13 Å². The Kier molecular flexibility index (Phi) is 7.46. The van der Waals surface area contributed by atoms with Crippen LogP contribution in [-0.2, 0) is 0 Å². The van der Waals surface area contributed by atoms with Crippen molar-refractivity contribution in [2.45, 2.75) is 39.7 Å². The van der Waals surface area contributed by atoms with Gasteiger partial charge >= 0.3 is 0 Å². The average Bonchev–Trinajstić information content (AvgIpc) is 2.92. The molecule has 7 heteroatoms. The molecule has 2 N–H and O–H groups in total. The number of rotatable bonds is 9. The maximum Gasteiger partial charge on any atom is 0.282 e. The number of carbonyl (C=O) groups is 1. The molecule has 0 fully saturated rings. The van der Waals surface area contributed by atoms with Crippen LogP contribution in [0, 0.1) is 0 Å². The van der Waals surface area contributed by atoms with Crippen LogP contribution < -0.4 is 10.6 Å². The third-order valence-electron chi connectivity index (χ3n) is 3.24. The van der Waals surface area contributed by atoms with Crippen molar-refractivity contribution in [2.75, 3.05) is 32.0 Å². The van der Waals surface area contributed by atoms with E-state index in [1.807, 2.05) is 0 Å². The highest BCUT2D eigenvalue weighted by Crippen LogP contribution is 2.14. The minimum atomic E-state index is -0.149. The lowest BCUT2D eigenvalue weighted by Gasteiger charge is -2.23. The molecule has 20 heavy (non-hydrogen) atoms. The Morgan fingerprint density at radius 1 is 1.35 bits per heavy atom. The first-order valence-corrected chi connectivity index (χ1v) is 7.95. The van der Waals surface area contributed by atoms with Crippen LogP contribution in [0.15, 0.2) is 0 Å². The number of aromatic nitrogens is 2. The lowest BCUT2D eigenvalue weighted by atomic mass is 10.2. The Morgan fingerprint density at radius 2 is 2.10 bits per heavy atom. The predicted molar refractivity (Wildman–Crippen MR) is 83.4 cm³/mol. The third-order valence-corrected chi connectivity index (χ3v) is 4.12. The van der Waals surface area contributed by atoms with E-state index in [0.29, 0.717) is 22.7 Å². The molecule has 0 aliphatic heterocycles. The van der Waals surface area contributed by atoms with Gasteiger partial charge < -0.3 is 15.5 Å². The van der Waals surface area contributed by atoms with Crippen molar-refractivity contribution in [3.05, 3.63) is 5.01 Å². The van der Waals surface area contributed by atoms with Gasteiger partial charge in [0.05, 0.1) is 0 Å². The molecule has 0 aliphatic carbocycles. The summed E-state index contributed by atoms with van der Waals surface area (Å²) < 4.78 is 0. The first-order chi connectivity index (χ1) is 9.58. The van der Waals surface area contributed by atoms with Crippen LogP contribution in [-0.4, -0.2) is 53.7 Å². The van der Waals surface area contributed by atoms with Crippen molar-refractivity contribution in [1.29, 1.82) is 0 Å². The summed E-state index contributed by atoms with van der Waals surface area (Å²) >= 11 is 1.29. The van der Waals surface area contributed by atoms with Gasteiger partial charge in [-0.1, -0.05) is 25.2 Å². The van der Waals surface area contributed by atoms with E-state index in [9.17, 15) is 4.79 Å². The highest BCUT2D eigenvalue weighted by atomic mass is 32.1. The fourth-order valence-corrected chi connectivity index (χ4v) is 2.26. The first kappa shape index (κ1) is 16.8. The second-order valence-corrected chi connectivity index (χ2v) is 5.81. The fraction of sp³-hybridized carbons (Fsp3) is 0.769. The monoisotopic (exact) mass is 299 g/mol. The van der Waals surface area contributed by atoms with E-state index in [0.717, 1.165) is 25.9 Å². The number of likely N-dealkylation sites (N-methyl/N-ethyl adjacent to an activating group) is 1. The van der Waals surface area contributed by atoms with Gasteiger partial charge in [0.1, 0.15) is 0 Å². The van der Waals surface area contributed by atoms with E-state index in [1.54, 1.807) is 0 Å². The molecule has 0 radical (unpaired) electrons. The van der Waals surface area contributed by atoms with Gasteiger partial charge in [0.15, 0.2) is 0 Å². The number of hydrogen-bond donors (Lipinski definition) is 2. The zero-order valence-corrected chi connectivity index (χ0v) is 13.6. The van der Waals surface area contributed by atoms with E-state index in [-0.39, 0.29) is 5.91 Å². The van der Waals surface area contributed by atoms with Crippen LogP contribution in [0.1, 0.15) is 43.4 Å². The largest absolute Gasteiger partial charge is 0.360 e. The molecular formula is C13H25N5OS. The van der Waals surface area contributed by atoms with Crippen molar-refractivity contribution in [3.63, 3.8) is 0 Å². The predicted octanol–water partition coefficient (Wildman–Crippen LogP) is 1.82. The average molecular weight is 299 g/mol. The first-order valence-electron chi connectivity index (χ1n) is 7.14. The summed E-state index contributed by atoms with van der Waals surface area (Å²) in [6.45, 7) is 8.72. The Hall–Kier alpha value is -1.21. The minimum Gasteiger partial charge on any atom is -0.360 e. The number of hydrogen-bond acceptors (Lipinski definition) is 6. The molecule has 1 heterocycles. The summed E-state index contributed by atoms with van der Waals surface area (Å²) in [7, 11) is 2.07. The van der Waals surface area contributed by atoms with Crippen LogP contribution in [0.2, 0.25) is 0 Å². The van der Waals surface area contributed by atoms with E-state index < -0.39 is 0 Å². The number of anilines is 1. The Balaban J connectivity index is 2.33. The highest BCUT2D eigenvalue weighted by Gasteiger charge is 2.13. The molecule has 1 rings (SSSR count). The standard InChI is InChI=1S/C13H25N5OS/c1-5-7-15-13-17-16-12(20-13)11(19)14-8-9-18(4)10(3)6-2/h10H,5-9H2,1-4H3,(H,14,19)(H,15,17). The highest BCUT2D eigenvalue weighted by molar-refractivity contribution is 7.17. The normalized spacial score (nSPS) is 12.4. The SMILES string of the molecule is CCCNc1nnc(C(=O)NCCN(C)C(C)CC)s1. The molecule has 6 nitrogen and oxygen atoms in total. The molecule has 1 amide bonds. The molecule has 0 saturated carbocycles. The van der Waals surface area contributed by atoms with Gasteiger partial charge in [-0.3, -0.25) is 4.79 Å². The molecule has 0 spiro atoms. The minimum absolute atomic E-state index is 0.149. The van der Waals surface area contributed by atoms with Crippen molar-refractivity contribution < 1.29 is 4.79 Å². The van der Waals surface area contributed by atoms with Gasteiger partial charge in [0, 0.05) is 25.7 Å². The van der Waals surface area contributed by atoms with Crippen LogP contribution in [0.3, 0.4) is 0 Å². The van der Waals surface area contributed by atoms with Crippen LogP contribution >= 0.6 is 11.3 Å². The lowest BCUT2D eigenvalue weighted by Crippen LogP contribution is -2.37. The summed E-state index contributed by atoms with van der Waals surface area (Å²) in [5, 5.41) is 15.0. The molecular weight excluding hydrogens is 274 g/mol. The summed E-state index contributed by atoms with van der Waals surface area (Å²) in [6.07, 6.45) is 2.12. The summed E-state index contributed by atoms with van der Waals surface area (Å²) in [5.41, 5.74) is 0. The number of carbonyl (C=O) groups excluding carboxylic acids is 1. The van der Waals surface area contributed by atoms with Gasteiger partial charge in [0.25, 0.3) is 5.91 Å². The second-order valence-electron chi connectivity index (χ2n) is 4.83. The Bertz CT molecular complexity index is 409. The number of amides is 1. The van der Waals surface area contributed by atoms with Crippen molar-refractivity contribution >= 4 is 22.4 Å². The maximum atomic E-state index is 11.9. The van der Waals surface area contributed by atoms with Crippen molar-refractivity contribution in [3.8, 4) is 0 Å². The topological polar surface area (TPSA) is 70.1 Å². The Labute approximate surface area is 125 Å². The fourth-order valence-electron chi connectivity index (χ4n) is 1.57. The summed E-state index contributed by atoms with van der Waals surface area (Å²) in [4.78, 5) is 14.1. The molecule has 0 bridgehead atoms. The third kappa shape index (κ3) is 5.42. The molecule has 0 aromatic carbocycles.